The van der Waals surface area contributed by atoms with E-state index >= 15 is 0 Å². The first-order valence-corrected chi connectivity index (χ1v) is 6.31. The van der Waals surface area contributed by atoms with Crippen LogP contribution in [0.15, 0.2) is 42.5 Å². The molecule has 0 unspecified atom stereocenters. The molecule has 0 aromatic heterocycles. The molecule has 1 N–H and O–H groups in total. The lowest BCUT2D eigenvalue weighted by atomic mass is 10.1. The van der Waals surface area contributed by atoms with Gasteiger partial charge in [0.05, 0.1) is 0 Å². The molecule has 2 aromatic carbocycles. The second kappa shape index (κ2) is 4.43. The van der Waals surface area contributed by atoms with E-state index in [0.29, 0.717) is 13.1 Å². The molecule has 3 nitrogen and oxygen atoms in total. The highest BCUT2D eigenvalue weighted by Gasteiger charge is 2.27. The summed E-state index contributed by atoms with van der Waals surface area (Å²) in [5.41, 5.74) is 4.14. The van der Waals surface area contributed by atoms with Crippen molar-refractivity contribution >= 4 is 5.91 Å². The number of hydrogen-bond acceptors (Lipinski definition) is 2. The smallest absolute Gasteiger partial charge is 0.254 e. The number of rotatable bonds is 2. The highest BCUT2D eigenvalue weighted by molar-refractivity contribution is 5.98. The van der Waals surface area contributed by atoms with Crippen LogP contribution in [0.4, 0.5) is 0 Å². The Morgan fingerprint density at radius 3 is 2.58 bits per heavy atom. The number of benzene rings is 2. The number of hydrogen-bond donors (Lipinski definition) is 1. The van der Waals surface area contributed by atoms with Crippen molar-refractivity contribution in [2.45, 2.75) is 20.0 Å². The first-order chi connectivity index (χ1) is 9.15. The Kier molecular flexibility index (Phi) is 2.75. The van der Waals surface area contributed by atoms with E-state index in [4.69, 9.17) is 0 Å². The van der Waals surface area contributed by atoms with Gasteiger partial charge in [-0.3, -0.25) is 4.79 Å². The number of nitrogens with zero attached hydrogens (tertiary/aromatic N) is 1. The van der Waals surface area contributed by atoms with Gasteiger partial charge in [-0.1, -0.05) is 24.3 Å². The number of phenols is 1. The number of carbonyl (C=O) groups is 1. The zero-order valence-corrected chi connectivity index (χ0v) is 10.8. The minimum atomic E-state index is 0.0896. The van der Waals surface area contributed by atoms with Crippen LogP contribution in [0.3, 0.4) is 0 Å². The van der Waals surface area contributed by atoms with Gasteiger partial charge in [0.2, 0.25) is 0 Å². The molecule has 2 aromatic rings. The zero-order valence-electron chi connectivity index (χ0n) is 10.8. The summed E-state index contributed by atoms with van der Waals surface area (Å²) in [6.45, 7) is 3.28. The molecule has 3 rings (SSSR count). The van der Waals surface area contributed by atoms with Crippen molar-refractivity contribution in [2.75, 3.05) is 0 Å². The zero-order chi connectivity index (χ0) is 13.4. The molecule has 1 heterocycles. The Bertz CT molecular complexity index is 632. The van der Waals surface area contributed by atoms with Gasteiger partial charge in [-0.15, -0.1) is 0 Å². The molecule has 0 fully saturated rings. The largest absolute Gasteiger partial charge is 0.508 e. The third kappa shape index (κ3) is 2.08. The number of fused-ring (bicyclic) bond motifs is 1. The van der Waals surface area contributed by atoms with E-state index in [9.17, 15) is 9.90 Å². The molecule has 96 valence electrons. The maximum Gasteiger partial charge on any atom is 0.254 e. The topological polar surface area (TPSA) is 40.5 Å². The van der Waals surface area contributed by atoms with Crippen LogP contribution in [0.5, 0.6) is 5.75 Å². The van der Waals surface area contributed by atoms with Crippen molar-refractivity contribution in [3.63, 3.8) is 0 Å². The molecule has 19 heavy (non-hydrogen) atoms. The molecule has 0 radical (unpaired) electrons. The Hall–Kier alpha value is -2.29. The summed E-state index contributed by atoms with van der Waals surface area (Å²) in [6.07, 6.45) is 0. The molecule has 1 amide bonds. The normalized spacial score (nSPS) is 13.7. The maximum absolute atomic E-state index is 12.3. The molecule has 0 saturated heterocycles. The van der Waals surface area contributed by atoms with Gasteiger partial charge in [0.25, 0.3) is 5.91 Å². The summed E-state index contributed by atoms with van der Waals surface area (Å²) in [7, 11) is 0. The summed E-state index contributed by atoms with van der Waals surface area (Å²) in [6, 6.07) is 12.8. The fourth-order valence-electron chi connectivity index (χ4n) is 2.49. The highest BCUT2D eigenvalue weighted by Crippen LogP contribution is 2.27. The Morgan fingerprint density at radius 1 is 1.16 bits per heavy atom. The Morgan fingerprint density at radius 2 is 1.89 bits per heavy atom. The summed E-state index contributed by atoms with van der Waals surface area (Å²) in [5.74, 6) is 0.336. The van der Waals surface area contributed by atoms with Gasteiger partial charge in [0, 0.05) is 18.7 Å². The van der Waals surface area contributed by atoms with Crippen molar-refractivity contribution in [3.05, 3.63) is 64.7 Å². The van der Waals surface area contributed by atoms with Gasteiger partial charge in [-0.05, 0) is 41.8 Å². The van der Waals surface area contributed by atoms with Gasteiger partial charge in [-0.25, -0.2) is 0 Å². The summed E-state index contributed by atoms with van der Waals surface area (Å²) < 4.78 is 0. The maximum atomic E-state index is 12.3. The average Bonchev–Trinajstić information content (AvgIpc) is 2.72. The quantitative estimate of drug-likeness (QED) is 0.894. The predicted molar refractivity (Wildman–Crippen MR) is 72.9 cm³/mol. The predicted octanol–water partition coefficient (Wildman–Crippen LogP) is 2.86. The van der Waals surface area contributed by atoms with E-state index in [0.717, 1.165) is 16.7 Å². The van der Waals surface area contributed by atoms with Crippen molar-refractivity contribution in [2.24, 2.45) is 0 Å². The van der Waals surface area contributed by atoms with Crippen LogP contribution in [0, 0.1) is 6.92 Å². The number of aryl methyl sites for hydroxylation is 1. The van der Waals surface area contributed by atoms with Gasteiger partial charge in [0.15, 0.2) is 0 Å². The van der Waals surface area contributed by atoms with Crippen molar-refractivity contribution in [1.29, 1.82) is 0 Å². The van der Waals surface area contributed by atoms with Gasteiger partial charge >= 0.3 is 0 Å². The molecule has 0 atom stereocenters. The molecule has 1 aliphatic rings. The van der Waals surface area contributed by atoms with E-state index in [1.165, 1.54) is 5.56 Å². The highest BCUT2D eigenvalue weighted by atomic mass is 16.3. The minimum absolute atomic E-state index is 0.0896. The lowest BCUT2D eigenvalue weighted by molar-refractivity contribution is 0.0766. The van der Waals surface area contributed by atoms with E-state index in [1.807, 2.05) is 42.2 Å². The molecule has 1 aliphatic heterocycles. The van der Waals surface area contributed by atoms with Gasteiger partial charge in [0.1, 0.15) is 5.75 Å². The lowest BCUT2D eigenvalue weighted by Crippen LogP contribution is -2.23. The Labute approximate surface area is 112 Å². The molecule has 0 spiro atoms. The first-order valence-electron chi connectivity index (χ1n) is 6.31. The van der Waals surface area contributed by atoms with Gasteiger partial charge < -0.3 is 10.0 Å². The number of amides is 1. The summed E-state index contributed by atoms with van der Waals surface area (Å²) in [4.78, 5) is 14.1. The van der Waals surface area contributed by atoms with Crippen LogP contribution < -0.4 is 0 Å². The standard InChI is InChI=1S/C16H15NO2/c1-11-3-2-4-14-15(11)10-17(16(14)19)9-12-5-7-13(18)8-6-12/h2-8,18H,9-10H2,1H3. The summed E-state index contributed by atoms with van der Waals surface area (Å²) >= 11 is 0. The lowest BCUT2D eigenvalue weighted by Gasteiger charge is -2.15. The molecule has 3 heteroatoms. The molecule has 0 bridgehead atoms. The number of aromatic hydroxyl groups is 1. The van der Waals surface area contributed by atoms with E-state index in [-0.39, 0.29) is 11.7 Å². The van der Waals surface area contributed by atoms with Crippen LogP contribution in [-0.2, 0) is 13.1 Å². The fourth-order valence-corrected chi connectivity index (χ4v) is 2.49. The number of carbonyl (C=O) groups excluding carboxylic acids is 1. The molecule has 0 aliphatic carbocycles. The van der Waals surface area contributed by atoms with Crippen LogP contribution in [0.2, 0.25) is 0 Å². The van der Waals surface area contributed by atoms with Gasteiger partial charge in [-0.2, -0.15) is 0 Å². The van der Waals surface area contributed by atoms with E-state index in [2.05, 4.69) is 0 Å². The summed E-state index contributed by atoms with van der Waals surface area (Å²) in [5, 5.41) is 9.27. The average molecular weight is 253 g/mol. The minimum Gasteiger partial charge on any atom is -0.508 e. The molecule has 0 saturated carbocycles. The third-order valence-electron chi connectivity index (χ3n) is 3.59. The molecular formula is C16H15NO2. The fraction of sp³-hybridized carbons (Fsp3) is 0.188. The van der Waals surface area contributed by atoms with Crippen molar-refractivity contribution in [1.82, 2.24) is 4.90 Å². The second-order valence-electron chi connectivity index (χ2n) is 4.93. The van der Waals surface area contributed by atoms with E-state index in [1.54, 1.807) is 12.1 Å². The number of phenolic OH excluding ortho intramolecular Hbond substituents is 1. The second-order valence-corrected chi connectivity index (χ2v) is 4.93. The van der Waals surface area contributed by atoms with Crippen LogP contribution in [-0.4, -0.2) is 15.9 Å². The third-order valence-corrected chi connectivity index (χ3v) is 3.59. The Balaban J connectivity index is 1.84. The van der Waals surface area contributed by atoms with E-state index < -0.39 is 0 Å². The SMILES string of the molecule is Cc1cccc2c1CN(Cc1ccc(O)cc1)C2=O. The van der Waals surface area contributed by atoms with Crippen LogP contribution in [0.25, 0.3) is 0 Å². The molecular weight excluding hydrogens is 238 g/mol. The van der Waals surface area contributed by atoms with Crippen LogP contribution in [0.1, 0.15) is 27.0 Å². The van der Waals surface area contributed by atoms with Crippen molar-refractivity contribution in [3.8, 4) is 5.75 Å². The first kappa shape index (κ1) is 11.8. The monoisotopic (exact) mass is 253 g/mol. The van der Waals surface area contributed by atoms with Crippen molar-refractivity contribution < 1.29 is 9.90 Å². The van der Waals surface area contributed by atoms with Crippen LogP contribution >= 0.6 is 0 Å².